The minimum atomic E-state index is -0.254. The number of nitrogens with zero attached hydrogens (tertiary/aromatic N) is 1. The standard InChI is InChI=1S/C16H29NO3/c1-13-5-4-6-16(7-13,12-19)11-17-8-14(9-18)20-15(2,3)10-17/h12-14,18H,4-11H2,1-3H3. The number of aliphatic hydroxyl groups is 1. The van der Waals surface area contributed by atoms with Gasteiger partial charge in [-0.1, -0.05) is 19.8 Å². The second-order valence-electron chi connectivity index (χ2n) is 7.53. The van der Waals surface area contributed by atoms with Crippen LogP contribution in [0.5, 0.6) is 0 Å². The molecule has 1 heterocycles. The van der Waals surface area contributed by atoms with E-state index in [1.165, 1.54) is 12.7 Å². The SMILES string of the molecule is CC1CCCC(C=O)(CN2CC(CO)OC(C)(C)C2)C1. The highest BCUT2D eigenvalue weighted by Crippen LogP contribution is 2.39. The van der Waals surface area contributed by atoms with Gasteiger partial charge in [0.25, 0.3) is 0 Å². The second kappa shape index (κ2) is 6.12. The van der Waals surface area contributed by atoms with Crippen molar-refractivity contribution >= 4 is 6.29 Å². The number of morpholine rings is 1. The highest BCUT2D eigenvalue weighted by Gasteiger charge is 2.40. The summed E-state index contributed by atoms with van der Waals surface area (Å²) in [4.78, 5) is 14.0. The maximum Gasteiger partial charge on any atom is 0.127 e. The van der Waals surface area contributed by atoms with Crippen molar-refractivity contribution in [3.8, 4) is 0 Å². The molecule has 2 fully saturated rings. The number of hydrogen-bond acceptors (Lipinski definition) is 4. The van der Waals surface area contributed by atoms with Crippen LogP contribution in [0.15, 0.2) is 0 Å². The van der Waals surface area contributed by atoms with Gasteiger partial charge in [0.05, 0.1) is 18.3 Å². The van der Waals surface area contributed by atoms with Crippen molar-refractivity contribution in [1.29, 1.82) is 0 Å². The van der Waals surface area contributed by atoms with E-state index in [0.717, 1.165) is 38.9 Å². The lowest BCUT2D eigenvalue weighted by atomic mass is 9.70. The Bertz CT molecular complexity index is 345. The molecule has 0 aromatic heterocycles. The maximum absolute atomic E-state index is 11.7. The lowest BCUT2D eigenvalue weighted by Crippen LogP contribution is -2.56. The van der Waals surface area contributed by atoms with Crippen molar-refractivity contribution in [3.63, 3.8) is 0 Å². The predicted molar refractivity (Wildman–Crippen MR) is 78.6 cm³/mol. The van der Waals surface area contributed by atoms with Gasteiger partial charge in [-0.25, -0.2) is 0 Å². The molecule has 1 saturated heterocycles. The summed E-state index contributed by atoms with van der Waals surface area (Å²) in [6, 6.07) is 0. The van der Waals surface area contributed by atoms with E-state index in [0.29, 0.717) is 5.92 Å². The number of hydrogen-bond donors (Lipinski definition) is 1. The Kier molecular flexibility index (Phi) is 4.88. The summed E-state index contributed by atoms with van der Waals surface area (Å²) in [5.41, 5.74) is -0.443. The van der Waals surface area contributed by atoms with Crippen LogP contribution in [0.25, 0.3) is 0 Å². The molecule has 0 amide bonds. The van der Waals surface area contributed by atoms with Crippen molar-refractivity contribution in [2.75, 3.05) is 26.2 Å². The Hall–Kier alpha value is -0.450. The van der Waals surface area contributed by atoms with Crippen LogP contribution in [0.4, 0.5) is 0 Å². The molecule has 4 heteroatoms. The van der Waals surface area contributed by atoms with Gasteiger partial charge in [-0.15, -0.1) is 0 Å². The molecule has 1 saturated carbocycles. The van der Waals surface area contributed by atoms with Crippen LogP contribution in [0.1, 0.15) is 46.5 Å². The first kappa shape index (κ1) is 15.9. The number of ether oxygens (including phenoxy) is 1. The molecule has 3 unspecified atom stereocenters. The van der Waals surface area contributed by atoms with Crippen molar-refractivity contribution in [3.05, 3.63) is 0 Å². The van der Waals surface area contributed by atoms with Crippen molar-refractivity contribution < 1.29 is 14.6 Å². The summed E-state index contributed by atoms with van der Waals surface area (Å²) in [5.74, 6) is 0.636. The van der Waals surface area contributed by atoms with Gasteiger partial charge in [0, 0.05) is 25.0 Å². The number of rotatable bonds is 4. The Balaban J connectivity index is 2.04. The van der Waals surface area contributed by atoms with Crippen LogP contribution in [0.3, 0.4) is 0 Å². The largest absolute Gasteiger partial charge is 0.394 e. The summed E-state index contributed by atoms with van der Waals surface area (Å²) in [6.45, 7) is 8.76. The zero-order chi connectivity index (χ0) is 14.8. The maximum atomic E-state index is 11.7. The van der Waals surface area contributed by atoms with E-state index < -0.39 is 0 Å². The van der Waals surface area contributed by atoms with Crippen molar-refractivity contribution in [1.82, 2.24) is 4.90 Å². The van der Waals surface area contributed by atoms with Crippen LogP contribution in [0.2, 0.25) is 0 Å². The monoisotopic (exact) mass is 283 g/mol. The summed E-state index contributed by atoms with van der Waals surface area (Å²) in [7, 11) is 0. The summed E-state index contributed by atoms with van der Waals surface area (Å²) < 4.78 is 5.85. The zero-order valence-electron chi connectivity index (χ0n) is 13.1. The molecular formula is C16H29NO3. The fourth-order valence-electron chi connectivity index (χ4n) is 4.07. The molecule has 0 bridgehead atoms. The minimum Gasteiger partial charge on any atom is -0.394 e. The number of carbonyl (C=O) groups excluding carboxylic acids is 1. The third-order valence-corrected chi connectivity index (χ3v) is 4.67. The van der Waals surface area contributed by atoms with E-state index in [-0.39, 0.29) is 23.7 Å². The highest BCUT2D eigenvalue weighted by molar-refractivity contribution is 5.60. The smallest absolute Gasteiger partial charge is 0.127 e. The molecule has 0 aromatic rings. The van der Waals surface area contributed by atoms with E-state index >= 15 is 0 Å². The fourth-order valence-corrected chi connectivity index (χ4v) is 4.07. The first-order valence-corrected chi connectivity index (χ1v) is 7.85. The molecule has 0 aromatic carbocycles. The van der Waals surface area contributed by atoms with Crippen LogP contribution in [-0.4, -0.2) is 54.2 Å². The third kappa shape index (κ3) is 3.80. The second-order valence-corrected chi connectivity index (χ2v) is 7.53. The average Bonchev–Trinajstić information content (AvgIpc) is 2.36. The Morgan fingerprint density at radius 2 is 2.20 bits per heavy atom. The molecule has 0 radical (unpaired) electrons. The minimum absolute atomic E-state index is 0.0461. The summed E-state index contributed by atoms with van der Waals surface area (Å²) >= 11 is 0. The van der Waals surface area contributed by atoms with Crippen LogP contribution in [-0.2, 0) is 9.53 Å². The third-order valence-electron chi connectivity index (χ3n) is 4.67. The average molecular weight is 283 g/mol. The van der Waals surface area contributed by atoms with Gasteiger partial charge in [-0.05, 0) is 32.6 Å². The zero-order valence-corrected chi connectivity index (χ0v) is 13.1. The van der Waals surface area contributed by atoms with Crippen LogP contribution >= 0.6 is 0 Å². The lowest BCUT2D eigenvalue weighted by Gasteiger charge is -2.46. The van der Waals surface area contributed by atoms with Gasteiger partial charge < -0.3 is 14.6 Å². The summed E-state index contributed by atoms with van der Waals surface area (Å²) in [5, 5.41) is 9.39. The highest BCUT2D eigenvalue weighted by atomic mass is 16.5. The predicted octanol–water partition coefficient (Wildman–Crippen LogP) is 1.85. The number of aliphatic hydroxyl groups excluding tert-OH is 1. The Morgan fingerprint density at radius 3 is 2.80 bits per heavy atom. The van der Waals surface area contributed by atoms with E-state index in [1.54, 1.807) is 0 Å². The van der Waals surface area contributed by atoms with Crippen LogP contribution in [0, 0.1) is 11.3 Å². The van der Waals surface area contributed by atoms with E-state index in [2.05, 4.69) is 25.7 Å². The van der Waals surface area contributed by atoms with Gasteiger partial charge in [0.1, 0.15) is 6.29 Å². The Morgan fingerprint density at radius 1 is 1.45 bits per heavy atom. The van der Waals surface area contributed by atoms with Crippen molar-refractivity contribution in [2.24, 2.45) is 11.3 Å². The Labute approximate surface area is 122 Å². The normalized spacial score (nSPS) is 38.6. The molecular weight excluding hydrogens is 254 g/mol. The molecule has 20 heavy (non-hydrogen) atoms. The van der Waals surface area contributed by atoms with Gasteiger partial charge in [0.15, 0.2) is 0 Å². The van der Waals surface area contributed by atoms with Crippen LogP contribution < -0.4 is 0 Å². The molecule has 4 nitrogen and oxygen atoms in total. The van der Waals surface area contributed by atoms with E-state index in [9.17, 15) is 9.90 Å². The number of aldehydes is 1. The van der Waals surface area contributed by atoms with E-state index in [4.69, 9.17) is 4.74 Å². The molecule has 0 spiro atoms. The fraction of sp³-hybridized carbons (Fsp3) is 0.938. The molecule has 3 atom stereocenters. The molecule has 116 valence electrons. The molecule has 1 aliphatic carbocycles. The quantitative estimate of drug-likeness (QED) is 0.800. The molecule has 2 aliphatic rings. The summed E-state index contributed by atoms with van der Waals surface area (Å²) in [6.07, 6.45) is 5.45. The molecule has 1 N–H and O–H groups in total. The molecule has 1 aliphatic heterocycles. The first-order chi connectivity index (χ1) is 9.38. The van der Waals surface area contributed by atoms with Gasteiger partial charge in [0.2, 0.25) is 0 Å². The lowest BCUT2D eigenvalue weighted by molar-refractivity contribution is -0.157. The first-order valence-electron chi connectivity index (χ1n) is 7.85. The topological polar surface area (TPSA) is 49.8 Å². The van der Waals surface area contributed by atoms with E-state index in [1.807, 2.05) is 0 Å². The number of carbonyl (C=O) groups is 1. The van der Waals surface area contributed by atoms with Gasteiger partial charge >= 0.3 is 0 Å². The molecule has 2 rings (SSSR count). The van der Waals surface area contributed by atoms with Gasteiger partial charge in [-0.3, -0.25) is 4.90 Å². The van der Waals surface area contributed by atoms with Crippen molar-refractivity contribution in [2.45, 2.75) is 58.2 Å². The van der Waals surface area contributed by atoms with Gasteiger partial charge in [-0.2, -0.15) is 0 Å².